The van der Waals surface area contributed by atoms with Gasteiger partial charge in [0.15, 0.2) is 5.58 Å². The second-order valence-electron chi connectivity index (χ2n) is 8.14. The van der Waals surface area contributed by atoms with Gasteiger partial charge in [0, 0.05) is 22.4 Å². The van der Waals surface area contributed by atoms with Crippen LogP contribution in [0.25, 0.3) is 44.5 Å². The molecule has 0 saturated heterocycles. The van der Waals surface area contributed by atoms with Gasteiger partial charge in [-0.25, -0.2) is 13.4 Å². The van der Waals surface area contributed by atoms with E-state index in [1.54, 1.807) is 26.0 Å². The van der Waals surface area contributed by atoms with E-state index in [1.807, 2.05) is 36.4 Å². The number of aliphatic carboxylic acids is 1. The molecule has 5 rings (SSSR count). The van der Waals surface area contributed by atoms with Crippen LogP contribution < -0.4 is 4.72 Å². The van der Waals surface area contributed by atoms with Gasteiger partial charge in [-0.1, -0.05) is 26.0 Å². The molecule has 1 atom stereocenters. The number of fused-ring (bicyclic) bond motifs is 4. The monoisotopic (exact) mass is 464 g/mol. The first-order chi connectivity index (χ1) is 15.7. The Morgan fingerprint density at radius 1 is 0.939 bits per heavy atom. The average molecular weight is 464 g/mol. The number of oxazole rings is 1. The van der Waals surface area contributed by atoms with Crippen LogP contribution in [-0.4, -0.2) is 30.5 Å². The van der Waals surface area contributed by atoms with Gasteiger partial charge in [-0.2, -0.15) is 4.72 Å². The summed E-state index contributed by atoms with van der Waals surface area (Å²) < 4.78 is 39.6. The largest absolute Gasteiger partial charge is 0.480 e. The number of carboxylic acids is 1. The van der Waals surface area contributed by atoms with E-state index < -0.39 is 28.0 Å². The van der Waals surface area contributed by atoms with Crippen molar-refractivity contribution in [2.24, 2.45) is 5.92 Å². The fraction of sp³-hybridized carbons (Fsp3) is 0.167. The van der Waals surface area contributed by atoms with Crippen LogP contribution in [0.4, 0.5) is 0 Å². The van der Waals surface area contributed by atoms with Crippen molar-refractivity contribution in [1.29, 1.82) is 0 Å². The number of carbonyl (C=O) groups is 1. The second kappa shape index (κ2) is 7.72. The smallest absolute Gasteiger partial charge is 0.322 e. The summed E-state index contributed by atoms with van der Waals surface area (Å²) in [6.07, 6.45) is 0. The normalized spacial score (nSPS) is 13.3. The minimum absolute atomic E-state index is 0.0693. The quantitative estimate of drug-likeness (QED) is 0.371. The van der Waals surface area contributed by atoms with Crippen molar-refractivity contribution in [2.75, 3.05) is 0 Å². The summed E-state index contributed by atoms with van der Waals surface area (Å²) in [6.45, 7) is 3.27. The second-order valence-corrected chi connectivity index (χ2v) is 9.85. The first kappa shape index (κ1) is 21.2. The van der Waals surface area contributed by atoms with Gasteiger partial charge in [0.2, 0.25) is 15.9 Å². The maximum absolute atomic E-state index is 12.8. The molecule has 0 aliphatic carbocycles. The molecule has 0 radical (unpaired) electrons. The highest BCUT2D eigenvalue weighted by Crippen LogP contribution is 2.34. The van der Waals surface area contributed by atoms with Crippen molar-refractivity contribution in [1.82, 2.24) is 9.71 Å². The molecule has 3 aromatic carbocycles. The van der Waals surface area contributed by atoms with Gasteiger partial charge in [0.1, 0.15) is 22.7 Å². The molecule has 0 unspecified atom stereocenters. The van der Waals surface area contributed by atoms with Gasteiger partial charge in [0.25, 0.3) is 0 Å². The Balaban J connectivity index is 1.55. The first-order valence-corrected chi connectivity index (χ1v) is 11.8. The predicted octanol–water partition coefficient (Wildman–Crippen LogP) is 4.78. The van der Waals surface area contributed by atoms with E-state index in [9.17, 15) is 18.3 Å². The zero-order chi connectivity index (χ0) is 23.3. The molecule has 0 fully saturated rings. The van der Waals surface area contributed by atoms with E-state index in [1.165, 1.54) is 12.1 Å². The highest BCUT2D eigenvalue weighted by atomic mass is 32.2. The van der Waals surface area contributed by atoms with Gasteiger partial charge in [0.05, 0.1) is 4.90 Å². The lowest BCUT2D eigenvalue weighted by Crippen LogP contribution is -2.44. The Morgan fingerprint density at radius 3 is 2.45 bits per heavy atom. The summed E-state index contributed by atoms with van der Waals surface area (Å²) in [5, 5.41) is 10.8. The molecule has 0 bridgehead atoms. The van der Waals surface area contributed by atoms with E-state index in [2.05, 4.69) is 9.71 Å². The van der Waals surface area contributed by atoms with Crippen molar-refractivity contribution in [3.05, 3.63) is 60.7 Å². The molecule has 0 saturated carbocycles. The predicted molar refractivity (Wildman–Crippen MR) is 123 cm³/mol. The fourth-order valence-corrected chi connectivity index (χ4v) is 5.11. The molecule has 0 spiro atoms. The third kappa shape index (κ3) is 3.75. The Morgan fingerprint density at radius 2 is 1.73 bits per heavy atom. The van der Waals surface area contributed by atoms with Gasteiger partial charge >= 0.3 is 5.97 Å². The molecule has 0 amide bonds. The standard InChI is InChI=1S/C24H20N2O6S/c1-13(2)22(24(27)28)26-33(29,30)15-8-9-16-17-11-14(7-10-19(17)31-21(16)12-15)23-25-18-5-3-4-6-20(18)32-23/h3-13,22,26H,1-2H3,(H,27,28)/t22-/m0/s1. The topological polar surface area (TPSA) is 123 Å². The number of nitrogens with zero attached hydrogens (tertiary/aromatic N) is 1. The molecule has 0 aliphatic rings. The summed E-state index contributed by atoms with van der Waals surface area (Å²) in [4.78, 5) is 15.9. The van der Waals surface area contributed by atoms with E-state index >= 15 is 0 Å². The maximum Gasteiger partial charge on any atom is 0.322 e. The van der Waals surface area contributed by atoms with E-state index in [0.717, 1.165) is 21.9 Å². The lowest BCUT2D eigenvalue weighted by molar-refractivity contribution is -0.140. The first-order valence-electron chi connectivity index (χ1n) is 10.3. The van der Waals surface area contributed by atoms with E-state index in [4.69, 9.17) is 8.83 Å². The number of nitrogens with one attached hydrogen (secondary N) is 1. The number of hydrogen-bond acceptors (Lipinski definition) is 6. The zero-order valence-corrected chi connectivity index (χ0v) is 18.6. The summed E-state index contributed by atoms with van der Waals surface area (Å²) in [5.41, 5.74) is 3.17. The Kier molecular flexibility index (Phi) is 4.95. The van der Waals surface area contributed by atoms with Crippen LogP contribution in [0.5, 0.6) is 0 Å². The number of hydrogen-bond donors (Lipinski definition) is 2. The fourth-order valence-electron chi connectivity index (χ4n) is 3.76. The Hall–Kier alpha value is -3.69. The van der Waals surface area contributed by atoms with E-state index in [0.29, 0.717) is 22.6 Å². The molecule has 8 nitrogen and oxygen atoms in total. The van der Waals surface area contributed by atoms with Crippen LogP contribution >= 0.6 is 0 Å². The van der Waals surface area contributed by atoms with Crippen LogP contribution in [0.3, 0.4) is 0 Å². The minimum atomic E-state index is -4.06. The number of rotatable bonds is 6. The molecule has 33 heavy (non-hydrogen) atoms. The molecular weight excluding hydrogens is 444 g/mol. The number of carboxylic acid groups (broad SMARTS) is 1. The number of furan rings is 1. The molecular formula is C24H20N2O6S. The van der Waals surface area contributed by atoms with Crippen LogP contribution in [0.15, 0.2) is 74.4 Å². The third-order valence-corrected chi connectivity index (χ3v) is 6.95. The number of sulfonamides is 1. The lowest BCUT2D eigenvalue weighted by atomic mass is 10.1. The van der Waals surface area contributed by atoms with Crippen molar-refractivity contribution in [2.45, 2.75) is 24.8 Å². The summed E-state index contributed by atoms with van der Waals surface area (Å²) in [6, 6.07) is 16.2. The third-order valence-electron chi connectivity index (χ3n) is 5.51. The number of aromatic nitrogens is 1. The molecule has 168 valence electrons. The zero-order valence-electron chi connectivity index (χ0n) is 17.8. The van der Waals surface area contributed by atoms with Gasteiger partial charge in [-0.15, -0.1) is 0 Å². The van der Waals surface area contributed by atoms with Gasteiger partial charge in [-0.3, -0.25) is 4.79 Å². The number of benzene rings is 3. The van der Waals surface area contributed by atoms with Crippen molar-refractivity contribution in [3.63, 3.8) is 0 Å². The van der Waals surface area contributed by atoms with Gasteiger partial charge < -0.3 is 13.9 Å². The molecule has 2 N–H and O–H groups in total. The molecule has 5 aromatic rings. The minimum Gasteiger partial charge on any atom is -0.480 e. The van der Waals surface area contributed by atoms with Crippen LogP contribution in [0.2, 0.25) is 0 Å². The van der Waals surface area contributed by atoms with Crippen LogP contribution in [0, 0.1) is 5.92 Å². The summed E-state index contributed by atoms with van der Waals surface area (Å²) in [7, 11) is -4.06. The van der Waals surface area contributed by atoms with Crippen LogP contribution in [-0.2, 0) is 14.8 Å². The average Bonchev–Trinajstić information content (AvgIpc) is 3.37. The van der Waals surface area contributed by atoms with Crippen molar-refractivity contribution in [3.8, 4) is 11.5 Å². The molecule has 9 heteroatoms. The Bertz CT molecular complexity index is 1600. The maximum atomic E-state index is 12.8. The Labute approximate surface area is 188 Å². The molecule has 2 aromatic heterocycles. The molecule has 0 aliphatic heterocycles. The number of para-hydroxylation sites is 2. The lowest BCUT2D eigenvalue weighted by Gasteiger charge is -2.17. The molecule has 2 heterocycles. The summed E-state index contributed by atoms with van der Waals surface area (Å²) >= 11 is 0. The van der Waals surface area contributed by atoms with Crippen LogP contribution in [0.1, 0.15) is 13.8 Å². The summed E-state index contributed by atoms with van der Waals surface area (Å²) in [5.74, 6) is -1.17. The SMILES string of the molecule is CC(C)[C@H](NS(=O)(=O)c1ccc2c(c1)oc1ccc(-c3nc4ccccc4o3)cc12)C(=O)O. The van der Waals surface area contributed by atoms with E-state index in [-0.39, 0.29) is 4.90 Å². The van der Waals surface area contributed by atoms with Crippen molar-refractivity contribution < 1.29 is 27.2 Å². The highest BCUT2D eigenvalue weighted by Gasteiger charge is 2.28. The van der Waals surface area contributed by atoms with Gasteiger partial charge in [-0.05, 0) is 48.4 Å². The van der Waals surface area contributed by atoms with Crippen molar-refractivity contribution >= 4 is 49.0 Å². The highest BCUT2D eigenvalue weighted by molar-refractivity contribution is 7.89.